The van der Waals surface area contributed by atoms with Crippen molar-refractivity contribution in [3.63, 3.8) is 0 Å². The van der Waals surface area contributed by atoms with E-state index in [2.05, 4.69) is 0 Å². The molecule has 0 N–H and O–H groups in total. The van der Waals surface area contributed by atoms with Gasteiger partial charge in [0.15, 0.2) is 0 Å². The van der Waals surface area contributed by atoms with Gasteiger partial charge in [0.25, 0.3) is 0 Å². The Hall–Kier alpha value is -2.07. The minimum absolute atomic E-state index is 0.138. The summed E-state index contributed by atoms with van der Waals surface area (Å²) in [5, 5.41) is 8.72. The summed E-state index contributed by atoms with van der Waals surface area (Å²) in [5.41, 5.74) is 0.970. The van der Waals surface area contributed by atoms with Crippen LogP contribution in [0.3, 0.4) is 0 Å². The zero-order valence-corrected chi connectivity index (χ0v) is 11.8. The van der Waals surface area contributed by atoms with E-state index < -0.39 is 24.5 Å². The molecule has 0 saturated carbocycles. The molecular formula is C15H15F3N2O2. The topological polar surface area (TPSA) is 53.3 Å². The van der Waals surface area contributed by atoms with Gasteiger partial charge in [-0.1, -0.05) is 12.1 Å². The molecule has 1 saturated heterocycles. The van der Waals surface area contributed by atoms with E-state index in [-0.39, 0.29) is 13.2 Å². The molecule has 1 aliphatic rings. The smallest absolute Gasteiger partial charge is 0.381 e. The van der Waals surface area contributed by atoms with Gasteiger partial charge in [-0.2, -0.15) is 18.4 Å². The van der Waals surface area contributed by atoms with Crippen LogP contribution in [0.5, 0.6) is 0 Å². The fourth-order valence-corrected chi connectivity index (χ4v) is 2.32. The Kier molecular flexibility index (Phi) is 5.03. The SMILES string of the molecule is N#Cc1ccc(CN(CC(F)(F)F)C(=O)[C@@H]2CCOC2)cc1. The summed E-state index contributed by atoms with van der Waals surface area (Å²) in [7, 11) is 0. The fraction of sp³-hybridized carbons (Fsp3) is 0.467. The number of carbonyl (C=O) groups is 1. The molecule has 0 radical (unpaired) electrons. The molecule has 0 aliphatic carbocycles. The first-order valence-corrected chi connectivity index (χ1v) is 6.81. The molecular weight excluding hydrogens is 297 g/mol. The van der Waals surface area contributed by atoms with Gasteiger partial charge >= 0.3 is 6.18 Å². The van der Waals surface area contributed by atoms with Gasteiger partial charge in [-0.15, -0.1) is 0 Å². The molecule has 1 aliphatic heterocycles. The van der Waals surface area contributed by atoms with Gasteiger partial charge in [0, 0.05) is 13.2 Å². The van der Waals surface area contributed by atoms with E-state index in [0.717, 1.165) is 4.90 Å². The van der Waals surface area contributed by atoms with Gasteiger partial charge in [0.05, 0.1) is 24.2 Å². The number of halogens is 3. The molecule has 118 valence electrons. The van der Waals surface area contributed by atoms with Gasteiger partial charge in [0.1, 0.15) is 6.54 Å². The molecule has 1 amide bonds. The average molecular weight is 312 g/mol. The molecule has 7 heteroatoms. The Balaban J connectivity index is 2.12. The molecule has 1 aromatic rings. The number of amides is 1. The van der Waals surface area contributed by atoms with Gasteiger partial charge in [-0.3, -0.25) is 4.79 Å². The van der Waals surface area contributed by atoms with E-state index in [1.54, 1.807) is 12.1 Å². The maximum atomic E-state index is 12.7. The predicted molar refractivity (Wildman–Crippen MR) is 71.6 cm³/mol. The van der Waals surface area contributed by atoms with Gasteiger partial charge < -0.3 is 9.64 Å². The van der Waals surface area contributed by atoms with Gasteiger partial charge in [-0.05, 0) is 24.1 Å². The van der Waals surface area contributed by atoms with Gasteiger partial charge in [0.2, 0.25) is 5.91 Å². The lowest BCUT2D eigenvalue weighted by Crippen LogP contribution is -2.42. The lowest BCUT2D eigenvalue weighted by Gasteiger charge is -2.26. The number of ether oxygens (including phenoxy) is 1. The standard InChI is InChI=1S/C15H15F3N2O2/c16-15(17,18)10-20(14(21)13-5-6-22-9-13)8-12-3-1-11(7-19)2-4-12/h1-4,13H,5-6,8-10H2/t13-/m1/s1. The van der Waals surface area contributed by atoms with Crippen molar-refractivity contribution < 1.29 is 22.7 Å². The number of hydrogen-bond acceptors (Lipinski definition) is 3. The Morgan fingerprint density at radius 3 is 2.55 bits per heavy atom. The van der Waals surface area contributed by atoms with Crippen molar-refractivity contribution in [1.82, 2.24) is 4.90 Å². The maximum absolute atomic E-state index is 12.7. The molecule has 1 atom stereocenters. The number of nitrogens with zero attached hydrogens (tertiary/aromatic N) is 2. The third kappa shape index (κ3) is 4.46. The van der Waals surface area contributed by atoms with Crippen molar-refractivity contribution in [1.29, 1.82) is 5.26 Å². The second kappa shape index (κ2) is 6.79. The summed E-state index contributed by atoms with van der Waals surface area (Å²) in [6.07, 6.45) is -4.01. The van der Waals surface area contributed by atoms with E-state index >= 15 is 0 Å². The quantitative estimate of drug-likeness (QED) is 0.858. The minimum Gasteiger partial charge on any atom is -0.381 e. The number of nitriles is 1. The fourth-order valence-electron chi connectivity index (χ4n) is 2.32. The number of carbonyl (C=O) groups excluding carboxylic acids is 1. The van der Waals surface area contributed by atoms with Crippen molar-refractivity contribution in [3.8, 4) is 6.07 Å². The lowest BCUT2D eigenvalue weighted by atomic mass is 10.1. The summed E-state index contributed by atoms with van der Waals surface area (Å²) in [4.78, 5) is 13.1. The highest BCUT2D eigenvalue weighted by molar-refractivity contribution is 5.79. The van der Waals surface area contributed by atoms with Crippen molar-refractivity contribution in [2.24, 2.45) is 5.92 Å². The van der Waals surface area contributed by atoms with Crippen LogP contribution in [0.15, 0.2) is 24.3 Å². The Morgan fingerprint density at radius 2 is 2.05 bits per heavy atom. The molecule has 1 fully saturated rings. The van der Waals surface area contributed by atoms with Crippen LogP contribution in [0.2, 0.25) is 0 Å². The summed E-state index contributed by atoms with van der Waals surface area (Å²) >= 11 is 0. The summed E-state index contributed by atoms with van der Waals surface area (Å²) in [6.45, 7) is -0.865. The first kappa shape index (κ1) is 16.3. The molecule has 0 aromatic heterocycles. The normalized spacial score (nSPS) is 18.0. The van der Waals surface area contributed by atoms with Crippen LogP contribution in [-0.4, -0.2) is 36.7 Å². The van der Waals surface area contributed by atoms with Crippen molar-refractivity contribution in [3.05, 3.63) is 35.4 Å². The second-order valence-corrected chi connectivity index (χ2v) is 5.18. The number of hydrogen-bond donors (Lipinski definition) is 0. The van der Waals surface area contributed by atoms with E-state index in [0.29, 0.717) is 24.2 Å². The second-order valence-electron chi connectivity index (χ2n) is 5.18. The van der Waals surface area contributed by atoms with Crippen LogP contribution in [0.4, 0.5) is 13.2 Å². The molecule has 1 aromatic carbocycles. The van der Waals surface area contributed by atoms with Crippen LogP contribution in [0.1, 0.15) is 17.5 Å². The molecule has 0 unspecified atom stereocenters. The third-order valence-corrected chi connectivity index (χ3v) is 3.42. The molecule has 2 rings (SSSR count). The molecule has 4 nitrogen and oxygen atoms in total. The van der Waals surface area contributed by atoms with E-state index in [4.69, 9.17) is 10.00 Å². The highest BCUT2D eigenvalue weighted by Gasteiger charge is 2.36. The largest absolute Gasteiger partial charge is 0.406 e. The minimum atomic E-state index is -4.46. The first-order chi connectivity index (χ1) is 10.4. The van der Waals surface area contributed by atoms with Crippen LogP contribution >= 0.6 is 0 Å². The number of alkyl halides is 3. The Bertz CT molecular complexity index is 558. The molecule has 22 heavy (non-hydrogen) atoms. The van der Waals surface area contributed by atoms with Crippen LogP contribution in [0, 0.1) is 17.2 Å². The van der Waals surface area contributed by atoms with E-state index in [1.165, 1.54) is 12.1 Å². The van der Waals surface area contributed by atoms with Crippen LogP contribution < -0.4 is 0 Å². The molecule has 0 spiro atoms. The van der Waals surface area contributed by atoms with Crippen molar-refractivity contribution >= 4 is 5.91 Å². The number of benzene rings is 1. The first-order valence-electron chi connectivity index (χ1n) is 6.81. The third-order valence-electron chi connectivity index (χ3n) is 3.42. The highest BCUT2D eigenvalue weighted by atomic mass is 19.4. The Morgan fingerprint density at radius 1 is 1.36 bits per heavy atom. The van der Waals surface area contributed by atoms with E-state index in [1.807, 2.05) is 6.07 Å². The van der Waals surface area contributed by atoms with Gasteiger partial charge in [-0.25, -0.2) is 0 Å². The van der Waals surface area contributed by atoms with Crippen LogP contribution in [-0.2, 0) is 16.1 Å². The summed E-state index contributed by atoms with van der Waals surface area (Å²) in [6, 6.07) is 8.08. The number of rotatable bonds is 4. The summed E-state index contributed by atoms with van der Waals surface area (Å²) < 4.78 is 43.2. The zero-order chi connectivity index (χ0) is 16.2. The van der Waals surface area contributed by atoms with Crippen molar-refractivity contribution in [2.45, 2.75) is 19.1 Å². The zero-order valence-electron chi connectivity index (χ0n) is 11.8. The van der Waals surface area contributed by atoms with E-state index in [9.17, 15) is 18.0 Å². The maximum Gasteiger partial charge on any atom is 0.406 e. The molecule has 1 heterocycles. The average Bonchev–Trinajstić information content (AvgIpc) is 2.99. The monoisotopic (exact) mass is 312 g/mol. The molecule has 0 bridgehead atoms. The predicted octanol–water partition coefficient (Wildman–Crippen LogP) is 2.49. The highest BCUT2D eigenvalue weighted by Crippen LogP contribution is 2.23. The van der Waals surface area contributed by atoms with Crippen molar-refractivity contribution in [2.75, 3.05) is 19.8 Å². The Labute approximate surface area is 126 Å². The van der Waals surface area contributed by atoms with Crippen LogP contribution in [0.25, 0.3) is 0 Å². The summed E-state index contributed by atoms with van der Waals surface area (Å²) in [5.74, 6) is -1.06. The lowest BCUT2D eigenvalue weighted by molar-refractivity contribution is -0.165.